The van der Waals surface area contributed by atoms with Gasteiger partial charge in [-0.3, -0.25) is 4.79 Å². The number of hydrogen-bond donors (Lipinski definition) is 1. The first-order valence-electron chi connectivity index (χ1n) is 7.88. The normalized spacial score (nSPS) is 14.2. The van der Waals surface area contributed by atoms with Crippen molar-refractivity contribution in [2.75, 3.05) is 11.9 Å². The third kappa shape index (κ3) is 4.80. The van der Waals surface area contributed by atoms with E-state index < -0.39 is 24.1 Å². The van der Waals surface area contributed by atoms with Crippen molar-refractivity contribution in [3.63, 3.8) is 0 Å². The molecule has 0 spiro atoms. The van der Waals surface area contributed by atoms with E-state index in [1.807, 2.05) is 6.92 Å². The minimum atomic E-state index is -0.637. The van der Waals surface area contributed by atoms with Crippen LogP contribution in [-0.2, 0) is 19.1 Å². The number of ether oxygens (including phenoxy) is 2. The third-order valence-corrected chi connectivity index (χ3v) is 4.64. The molecule has 7 heteroatoms. The molecule has 1 fully saturated rings. The van der Waals surface area contributed by atoms with E-state index in [1.165, 1.54) is 11.3 Å². The van der Waals surface area contributed by atoms with Crippen molar-refractivity contribution in [2.24, 2.45) is 5.92 Å². The average molecular weight is 353 g/mol. The summed E-state index contributed by atoms with van der Waals surface area (Å²) in [6, 6.07) is 0. The second-order valence-corrected chi connectivity index (χ2v) is 8.14. The number of rotatable bonds is 5. The molecule has 1 N–H and O–H groups in total. The summed E-state index contributed by atoms with van der Waals surface area (Å²) in [6.07, 6.45) is 1.77. The summed E-state index contributed by atoms with van der Waals surface area (Å²) in [6.45, 7) is 8.43. The van der Waals surface area contributed by atoms with Gasteiger partial charge in [-0.15, -0.1) is 11.3 Å². The molecule has 1 aliphatic rings. The molecule has 0 atom stereocenters. The summed E-state index contributed by atoms with van der Waals surface area (Å²) in [7, 11) is 0. The Labute approximate surface area is 145 Å². The van der Waals surface area contributed by atoms with Crippen LogP contribution < -0.4 is 5.32 Å². The first-order chi connectivity index (χ1) is 11.1. The average Bonchev–Trinajstić information content (AvgIpc) is 3.23. The zero-order valence-corrected chi connectivity index (χ0v) is 15.5. The molecule has 0 bridgehead atoms. The van der Waals surface area contributed by atoms with Gasteiger partial charge >= 0.3 is 11.9 Å². The summed E-state index contributed by atoms with van der Waals surface area (Å²) in [5.41, 5.74) is 0.428. The standard InChI is InChI=1S/C17H23NO5S/c1-9-10(2)24-15(18-14(20)11-6-7-11)13(9)16(21)22-8-12(19)23-17(3,4)5/h11H,6-8H2,1-5H3,(H,18,20). The van der Waals surface area contributed by atoms with Crippen LogP contribution in [0.5, 0.6) is 0 Å². The molecule has 0 unspecified atom stereocenters. The van der Waals surface area contributed by atoms with Gasteiger partial charge in [0.2, 0.25) is 5.91 Å². The molecule has 1 saturated carbocycles. The minimum absolute atomic E-state index is 0.0401. The minimum Gasteiger partial charge on any atom is -0.457 e. The van der Waals surface area contributed by atoms with Crippen LogP contribution in [0.3, 0.4) is 0 Å². The maximum Gasteiger partial charge on any atom is 0.344 e. The van der Waals surface area contributed by atoms with E-state index in [9.17, 15) is 14.4 Å². The van der Waals surface area contributed by atoms with Gasteiger partial charge < -0.3 is 14.8 Å². The summed E-state index contributed by atoms with van der Waals surface area (Å²) in [4.78, 5) is 36.9. The molecule has 24 heavy (non-hydrogen) atoms. The third-order valence-electron chi connectivity index (χ3n) is 3.52. The molecule has 0 aromatic carbocycles. The molecule has 1 heterocycles. The highest BCUT2D eigenvalue weighted by molar-refractivity contribution is 7.16. The summed E-state index contributed by atoms with van der Waals surface area (Å²) >= 11 is 1.34. The number of carbonyl (C=O) groups is 3. The van der Waals surface area contributed by atoms with E-state index in [1.54, 1.807) is 27.7 Å². The van der Waals surface area contributed by atoms with Gasteiger partial charge in [0.15, 0.2) is 6.61 Å². The van der Waals surface area contributed by atoms with Crippen LogP contribution in [0.15, 0.2) is 0 Å². The van der Waals surface area contributed by atoms with Crippen molar-refractivity contribution >= 4 is 34.2 Å². The fraction of sp³-hybridized carbons (Fsp3) is 0.588. The lowest BCUT2D eigenvalue weighted by molar-refractivity contribution is -0.158. The Balaban J connectivity index is 2.05. The summed E-state index contributed by atoms with van der Waals surface area (Å²) in [5.74, 6) is -1.27. The number of thiophene rings is 1. The number of hydrogen-bond acceptors (Lipinski definition) is 6. The van der Waals surface area contributed by atoms with Crippen LogP contribution in [-0.4, -0.2) is 30.1 Å². The molecule has 1 aromatic heterocycles. The molecular weight excluding hydrogens is 330 g/mol. The highest BCUT2D eigenvalue weighted by Gasteiger charge is 2.32. The maximum atomic E-state index is 12.4. The number of nitrogens with one attached hydrogen (secondary N) is 1. The van der Waals surface area contributed by atoms with Crippen LogP contribution in [0.1, 0.15) is 54.4 Å². The Kier molecular flexibility index (Phi) is 5.32. The van der Waals surface area contributed by atoms with E-state index in [0.29, 0.717) is 10.6 Å². The van der Waals surface area contributed by atoms with Gasteiger partial charge in [-0.05, 0) is 53.0 Å². The van der Waals surface area contributed by atoms with E-state index in [2.05, 4.69) is 5.32 Å². The Morgan fingerprint density at radius 2 is 1.83 bits per heavy atom. The second kappa shape index (κ2) is 6.93. The molecule has 6 nitrogen and oxygen atoms in total. The Morgan fingerprint density at radius 3 is 2.38 bits per heavy atom. The molecule has 0 aliphatic heterocycles. The van der Waals surface area contributed by atoms with Crippen molar-refractivity contribution in [1.82, 2.24) is 0 Å². The van der Waals surface area contributed by atoms with Crippen LogP contribution in [0.4, 0.5) is 5.00 Å². The summed E-state index contributed by atoms with van der Waals surface area (Å²) in [5, 5.41) is 3.29. The molecule has 0 saturated heterocycles. The lowest BCUT2D eigenvalue weighted by atomic mass is 10.1. The van der Waals surface area contributed by atoms with Gasteiger partial charge in [0.25, 0.3) is 0 Å². The van der Waals surface area contributed by atoms with Gasteiger partial charge in [0.1, 0.15) is 10.6 Å². The highest BCUT2D eigenvalue weighted by atomic mass is 32.1. The molecule has 2 rings (SSSR count). The summed E-state index contributed by atoms with van der Waals surface area (Å²) < 4.78 is 10.2. The largest absolute Gasteiger partial charge is 0.457 e. The van der Waals surface area contributed by atoms with Crippen LogP contribution >= 0.6 is 11.3 Å². The molecule has 1 aromatic rings. The predicted octanol–water partition coefficient (Wildman–Crippen LogP) is 3.21. The van der Waals surface area contributed by atoms with Crippen molar-refractivity contribution < 1.29 is 23.9 Å². The number of carbonyl (C=O) groups excluding carboxylic acids is 3. The SMILES string of the molecule is Cc1sc(NC(=O)C2CC2)c(C(=O)OCC(=O)OC(C)(C)C)c1C. The first kappa shape index (κ1) is 18.4. The van der Waals surface area contributed by atoms with Crippen LogP contribution in [0.25, 0.3) is 0 Å². The van der Waals surface area contributed by atoms with E-state index in [-0.39, 0.29) is 11.8 Å². The first-order valence-corrected chi connectivity index (χ1v) is 8.70. The zero-order valence-electron chi connectivity index (χ0n) is 14.6. The van der Waals surface area contributed by atoms with Gasteiger partial charge in [0, 0.05) is 10.8 Å². The lowest BCUT2D eigenvalue weighted by Crippen LogP contribution is -2.27. The van der Waals surface area contributed by atoms with Crippen LogP contribution in [0.2, 0.25) is 0 Å². The van der Waals surface area contributed by atoms with Gasteiger partial charge in [0.05, 0.1) is 5.56 Å². The molecular formula is C17H23NO5S. The molecule has 1 aliphatic carbocycles. The van der Waals surface area contributed by atoms with Crippen molar-refractivity contribution in [2.45, 2.75) is 53.1 Å². The van der Waals surface area contributed by atoms with Gasteiger partial charge in [-0.2, -0.15) is 0 Å². The fourth-order valence-corrected chi connectivity index (χ4v) is 3.14. The highest BCUT2D eigenvalue weighted by Crippen LogP contribution is 2.36. The predicted molar refractivity (Wildman–Crippen MR) is 91.3 cm³/mol. The van der Waals surface area contributed by atoms with Crippen molar-refractivity contribution in [3.8, 4) is 0 Å². The Bertz CT molecular complexity index is 667. The lowest BCUT2D eigenvalue weighted by Gasteiger charge is -2.19. The van der Waals surface area contributed by atoms with Gasteiger partial charge in [-0.1, -0.05) is 0 Å². The fourth-order valence-electron chi connectivity index (χ4n) is 2.09. The molecule has 132 valence electrons. The zero-order chi connectivity index (χ0) is 18.1. The monoisotopic (exact) mass is 353 g/mol. The van der Waals surface area contributed by atoms with Crippen molar-refractivity contribution in [3.05, 3.63) is 16.0 Å². The number of aryl methyl sites for hydroxylation is 1. The van der Waals surface area contributed by atoms with E-state index in [0.717, 1.165) is 23.3 Å². The second-order valence-electron chi connectivity index (χ2n) is 6.91. The number of amides is 1. The Hall–Kier alpha value is -1.89. The molecule has 1 amide bonds. The van der Waals surface area contributed by atoms with Crippen molar-refractivity contribution in [1.29, 1.82) is 0 Å². The maximum absolute atomic E-state index is 12.4. The Morgan fingerprint density at radius 1 is 1.21 bits per heavy atom. The van der Waals surface area contributed by atoms with Crippen LogP contribution in [0, 0.1) is 19.8 Å². The topological polar surface area (TPSA) is 81.7 Å². The van der Waals surface area contributed by atoms with E-state index in [4.69, 9.17) is 9.47 Å². The van der Waals surface area contributed by atoms with E-state index >= 15 is 0 Å². The number of anilines is 1. The quantitative estimate of drug-likeness (QED) is 0.822. The number of esters is 2. The van der Waals surface area contributed by atoms with Gasteiger partial charge in [-0.25, -0.2) is 9.59 Å². The smallest absolute Gasteiger partial charge is 0.344 e. The molecule has 0 radical (unpaired) electrons.